The number of aliphatic imine (C=N–C) groups is 1. The van der Waals surface area contributed by atoms with E-state index in [-0.39, 0.29) is 24.0 Å². The molecule has 4 rings (SSSR count). The van der Waals surface area contributed by atoms with Gasteiger partial charge in [-0.25, -0.2) is 4.99 Å². The highest BCUT2D eigenvalue weighted by molar-refractivity contribution is 14.0. The van der Waals surface area contributed by atoms with Gasteiger partial charge in [-0.3, -0.25) is 9.88 Å². The lowest BCUT2D eigenvalue weighted by Crippen LogP contribution is -2.49. The van der Waals surface area contributed by atoms with Crippen molar-refractivity contribution >= 4 is 29.9 Å². The minimum absolute atomic E-state index is 0. The summed E-state index contributed by atoms with van der Waals surface area (Å²) in [5.74, 6) is 1.84. The van der Waals surface area contributed by atoms with Crippen LogP contribution in [0.25, 0.3) is 0 Å². The Morgan fingerprint density at radius 3 is 2.62 bits per heavy atom. The Morgan fingerprint density at radius 2 is 1.88 bits per heavy atom. The molecule has 0 amide bonds. The summed E-state index contributed by atoms with van der Waals surface area (Å²) in [6, 6.07) is 17.1. The molecule has 9 heteroatoms. The number of benzene rings is 1. The zero-order chi connectivity index (χ0) is 22.7. The van der Waals surface area contributed by atoms with Crippen LogP contribution in [0.1, 0.15) is 36.8 Å². The Hall–Kier alpha value is -2.53. The Balaban J connectivity index is 0.00000324. The van der Waals surface area contributed by atoms with Gasteiger partial charge >= 0.3 is 0 Å². The van der Waals surface area contributed by atoms with E-state index in [1.54, 1.807) is 6.33 Å². The van der Waals surface area contributed by atoms with Crippen LogP contribution in [-0.4, -0.2) is 56.3 Å². The predicted molar refractivity (Wildman–Crippen MR) is 146 cm³/mol. The van der Waals surface area contributed by atoms with Crippen molar-refractivity contribution in [3.05, 3.63) is 78.1 Å². The van der Waals surface area contributed by atoms with E-state index >= 15 is 0 Å². The first-order valence-electron chi connectivity index (χ1n) is 11.9. The zero-order valence-corrected chi connectivity index (χ0v) is 22.1. The van der Waals surface area contributed by atoms with E-state index in [1.807, 2.05) is 24.4 Å². The molecule has 0 saturated carbocycles. The molecule has 0 spiro atoms. The van der Waals surface area contributed by atoms with Gasteiger partial charge in [0.1, 0.15) is 12.2 Å². The van der Waals surface area contributed by atoms with Crippen molar-refractivity contribution in [1.29, 1.82) is 0 Å². The van der Waals surface area contributed by atoms with Gasteiger partial charge in [-0.1, -0.05) is 43.3 Å². The van der Waals surface area contributed by atoms with E-state index in [0.717, 1.165) is 69.5 Å². The number of aromatic nitrogens is 4. The maximum atomic E-state index is 4.81. The third-order valence-electron chi connectivity index (χ3n) is 5.96. The number of guanidine groups is 1. The van der Waals surface area contributed by atoms with Crippen molar-refractivity contribution in [2.75, 3.05) is 19.6 Å². The van der Waals surface area contributed by atoms with E-state index in [2.05, 4.69) is 72.5 Å². The summed E-state index contributed by atoms with van der Waals surface area (Å²) in [7, 11) is 0. The van der Waals surface area contributed by atoms with Gasteiger partial charge in [0.05, 0.1) is 12.2 Å². The number of piperidine rings is 1. The Labute approximate surface area is 219 Å². The van der Waals surface area contributed by atoms with Crippen LogP contribution < -0.4 is 10.6 Å². The molecule has 34 heavy (non-hydrogen) atoms. The number of nitrogens with zero attached hydrogens (tertiary/aromatic N) is 6. The number of halogens is 1. The fourth-order valence-corrected chi connectivity index (χ4v) is 4.11. The highest BCUT2D eigenvalue weighted by Crippen LogP contribution is 2.14. The molecule has 182 valence electrons. The van der Waals surface area contributed by atoms with Crippen molar-refractivity contribution in [3.63, 3.8) is 0 Å². The Bertz CT molecular complexity index is 984. The molecule has 1 aliphatic heterocycles. The largest absolute Gasteiger partial charge is 0.355 e. The van der Waals surface area contributed by atoms with Crippen molar-refractivity contribution in [2.24, 2.45) is 4.99 Å². The SMILES string of the molecule is CCc1nncn1CCNC(=NCc1ccccn1)NC1CCN(Cc2ccccc2)CC1.I. The lowest BCUT2D eigenvalue weighted by molar-refractivity contribution is 0.198. The number of likely N-dealkylation sites (tertiary alicyclic amines) is 1. The Morgan fingerprint density at radius 1 is 1.09 bits per heavy atom. The van der Waals surface area contributed by atoms with Gasteiger partial charge in [-0.2, -0.15) is 0 Å². The van der Waals surface area contributed by atoms with Crippen molar-refractivity contribution in [3.8, 4) is 0 Å². The molecule has 1 saturated heterocycles. The van der Waals surface area contributed by atoms with Crippen LogP contribution in [0.15, 0.2) is 66.0 Å². The van der Waals surface area contributed by atoms with Gasteiger partial charge in [0.25, 0.3) is 0 Å². The molecule has 8 nitrogen and oxygen atoms in total. The third kappa shape index (κ3) is 8.05. The molecule has 0 radical (unpaired) electrons. The average molecular weight is 575 g/mol. The van der Waals surface area contributed by atoms with Crippen LogP contribution in [0.4, 0.5) is 0 Å². The first-order chi connectivity index (χ1) is 16.3. The third-order valence-corrected chi connectivity index (χ3v) is 5.96. The summed E-state index contributed by atoms with van der Waals surface area (Å²) < 4.78 is 2.09. The molecular formula is C25H35IN8. The molecule has 1 aromatic carbocycles. The number of pyridine rings is 1. The van der Waals surface area contributed by atoms with E-state index < -0.39 is 0 Å². The molecule has 1 aliphatic rings. The first-order valence-corrected chi connectivity index (χ1v) is 11.9. The first kappa shape index (κ1) is 26.1. The summed E-state index contributed by atoms with van der Waals surface area (Å²) in [5.41, 5.74) is 2.34. The fraction of sp³-hybridized carbons (Fsp3) is 0.440. The highest BCUT2D eigenvalue weighted by atomic mass is 127. The van der Waals surface area contributed by atoms with Crippen molar-refractivity contribution in [1.82, 2.24) is 35.3 Å². The second-order valence-electron chi connectivity index (χ2n) is 8.39. The molecule has 0 bridgehead atoms. The summed E-state index contributed by atoms with van der Waals surface area (Å²) in [6.45, 7) is 7.39. The summed E-state index contributed by atoms with van der Waals surface area (Å²) in [4.78, 5) is 11.7. The van der Waals surface area contributed by atoms with Crippen LogP contribution in [0.3, 0.4) is 0 Å². The molecular weight excluding hydrogens is 539 g/mol. The van der Waals surface area contributed by atoms with Gasteiger partial charge in [0, 0.05) is 51.4 Å². The lowest BCUT2D eigenvalue weighted by Gasteiger charge is -2.33. The van der Waals surface area contributed by atoms with Crippen LogP contribution in [0, 0.1) is 0 Å². The van der Waals surface area contributed by atoms with E-state index in [9.17, 15) is 0 Å². The van der Waals surface area contributed by atoms with E-state index in [4.69, 9.17) is 4.99 Å². The number of nitrogens with one attached hydrogen (secondary N) is 2. The topological polar surface area (TPSA) is 83.3 Å². The van der Waals surface area contributed by atoms with Gasteiger partial charge in [-0.15, -0.1) is 34.2 Å². The van der Waals surface area contributed by atoms with Gasteiger partial charge in [-0.05, 0) is 30.5 Å². The maximum absolute atomic E-state index is 4.81. The smallest absolute Gasteiger partial charge is 0.191 e. The number of hydrogen-bond acceptors (Lipinski definition) is 5. The maximum Gasteiger partial charge on any atom is 0.191 e. The summed E-state index contributed by atoms with van der Waals surface area (Å²) in [6.07, 6.45) is 6.68. The molecule has 1 fully saturated rings. The van der Waals surface area contributed by atoms with Gasteiger partial charge in [0.15, 0.2) is 5.96 Å². The average Bonchev–Trinajstić information content (AvgIpc) is 3.32. The highest BCUT2D eigenvalue weighted by Gasteiger charge is 2.20. The van der Waals surface area contributed by atoms with Gasteiger partial charge < -0.3 is 15.2 Å². The summed E-state index contributed by atoms with van der Waals surface area (Å²) >= 11 is 0. The molecule has 0 aliphatic carbocycles. The number of aryl methyl sites for hydroxylation is 1. The molecule has 3 heterocycles. The quantitative estimate of drug-likeness (QED) is 0.232. The second-order valence-corrected chi connectivity index (χ2v) is 8.39. The number of rotatable bonds is 9. The van der Waals surface area contributed by atoms with Crippen molar-refractivity contribution in [2.45, 2.75) is 51.9 Å². The molecule has 2 N–H and O–H groups in total. The van der Waals surface area contributed by atoms with Gasteiger partial charge in [0.2, 0.25) is 0 Å². The molecule has 0 unspecified atom stereocenters. The van der Waals surface area contributed by atoms with Crippen LogP contribution >= 0.6 is 24.0 Å². The molecule has 0 atom stereocenters. The zero-order valence-electron chi connectivity index (χ0n) is 19.8. The monoisotopic (exact) mass is 574 g/mol. The fourth-order valence-electron chi connectivity index (χ4n) is 4.11. The van der Waals surface area contributed by atoms with E-state index in [1.165, 1.54) is 5.56 Å². The van der Waals surface area contributed by atoms with Crippen LogP contribution in [0.2, 0.25) is 0 Å². The van der Waals surface area contributed by atoms with E-state index in [0.29, 0.717) is 12.6 Å². The molecule has 3 aromatic rings. The molecule has 2 aromatic heterocycles. The standard InChI is InChI=1S/C25H34N8.HI/c1-2-24-31-29-20-33(24)17-14-27-25(28-18-23-10-6-7-13-26-23)30-22-11-15-32(16-12-22)19-21-8-4-3-5-9-21;/h3-10,13,20,22H,2,11-12,14-19H2,1H3,(H2,27,28,30);1H. The normalized spacial score (nSPS) is 15.0. The lowest BCUT2D eigenvalue weighted by atomic mass is 10.0. The predicted octanol–water partition coefficient (Wildman–Crippen LogP) is 3.25. The minimum Gasteiger partial charge on any atom is -0.355 e. The Kier molecular flexibility index (Phi) is 10.7. The minimum atomic E-state index is 0. The second kappa shape index (κ2) is 14.0. The van der Waals surface area contributed by atoms with Crippen molar-refractivity contribution < 1.29 is 0 Å². The number of hydrogen-bond donors (Lipinski definition) is 2. The van der Waals surface area contributed by atoms with Crippen LogP contribution in [0.5, 0.6) is 0 Å². The summed E-state index contributed by atoms with van der Waals surface area (Å²) in [5, 5.41) is 15.4. The van der Waals surface area contributed by atoms with Crippen LogP contribution in [-0.2, 0) is 26.1 Å².